The Hall–Kier alpha value is -1.44. The van der Waals surface area contributed by atoms with Crippen LogP contribution in [-0.2, 0) is 6.54 Å². The maximum absolute atomic E-state index is 12.0. The van der Waals surface area contributed by atoms with Gasteiger partial charge in [0.05, 0.1) is 23.3 Å². The summed E-state index contributed by atoms with van der Waals surface area (Å²) in [5.74, 6) is 0. The van der Waals surface area contributed by atoms with Crippen LogP contribution in [0.5, 0.6) is 0 Å². The van der Waals surface area contributed by atoms with Crippen molar-refractivity contribution in [2.24, 2.45) is 0 Å². The summed E-state index contributed by atoms with van der Waals surface area (Å²) >= 11 is 3.29. The summed E-state index contributed by atoms with van der Waals surface area (Å²) in [6.45, 7) is 5.05. The number of carbonyl (C=O) groups is 1. The Labute approximate surface area is 139 Å². The maximum Gasteiger partial charge on any atom is 0.315 e. The van der Waals surface area contributed by atoms with Crippen molar-refractivity contribution < 1.29 is 4.79 Å². The molecule has 1 atom stereocenters. The predicted molar refractivity (Wildman–Crippen MR) is 92.6 cm³/mol. The number of hydrogen-bond donors (Lipinski definition) is 2. The summed E-state index contributed by atoms with van der Waals surface area (Å²) in [6.07, 6.45) is 0. The van der Waals surface area contributed by atoms with Gasteiger partial charge in [0.2, 0.25) is 0 Å². The number of urea groups is 1. The molecule has 120 valence electrons. The number of nitrogens with zero attached hydrogens (tertiary/aromatic N) is 2. The van der Waals surface area contributed by atoms with Crippen LogP contribution in [0.2, 0.25) is 0 Å². The van der Waals surface area contributed by atoms with Crippen molar-refractivity contribution in [1.82, 2.24) is 20.5 Å². The van der Waals surface area contributed by atoms with Gasteiger partial charge in [0, 0.05) is 11.4 Å². The maximum atomic E-state index is 12.0. The lowest BCUT2D eigenvalue weighted by Gasteiger charge is -2.24. The molecule has 2 aromatic heterocycles. The molecule has 0 saturated heterocycles. The summed E-state index contributed by atoms with van der Waals surface area (Å²) < 4.78 is 0. The minimum absolute atomic E-state index is 0.146. The summed E-state index contributed by atoms with van der Waals surface area (Å²) in [5.41, 5.74) is 2.22. The first kappa shape index (κ1) is 16.9. The molecular formula is C15H22N4OS2. The standard InChI is InChI=1S/C15H22N4OS2/c1-10-14(22-11(2)18-10)8-17-15(20)16-7-13(19(3)4)12-5-6-21-9-12/h5-6,9,13H,7-8H2,1-4H3,(H2,16,17,20)/t13-/m0/s1. The third-order valence-electron chi connectivity index (χ3n) is 3.42. The predicted octanol–water partition coefficient (Wildman–Crippen LogP) is 2.92. The molecule has 22 heavy (non-hydrogen) atoms. The number of aryl methyl sites for hydroxylation is 2. The molecule has 7 heteroatoms. The summed E-state index contributed by atoms with van der Waals surface area (Å²) in [6, 6.07) is 2.13. The van der Waals surface area contributed by atoms with Crippen LogP contribution in [0.3, 0.4) is 0 Å². The van der Waals surface area contributed by atoms with E-state index in [0.29, 0.717) is 13.1 Å². The molecule has 0 aromatic carbocycles. The number of amides is 2. The largest absolute Gasteiger partial charge is 0.336 e. The molecule has 0 saturated carbocycles. The summed E-state index contributed by atoms with van der Waals surface area (Å²) in [5, 5.41) is 11.0. The highest BCUT2D eigenvalue weighted by molar-refractivity contribution is 7.11. The van der Waals surface area contributed by atoms with Crippen LogP contribution in [-0.4, -0.2) is 36.6 Å². The molecular weight excluding hydrogens is 316 g/mol. The van der Waals surface area contributed by atoms with Crippen LogP contribution in [0.15, 0.2) is 16.8 Å². The average molecular weight is 339 g/mol. The van der Waals surface area contributed by atoms with Crippen molar-refractivity contribution in [2.75, 3.05) is 20.6 Å². The molecule has 2 aromatic rings. The Bertz CT molecular complexity index is 607. The van der Waals surface area contributed by atoms with Gasteiger partial charge in [0.25, 0.3) is 0 Å². The van der Waals surface area contributed by atoms with Gasteiger partial charge in [0.1, 0.15) is 0 Å². The fourth-order valence-electron chi connectivity index (χ4n) is 2.21. The van der Waals surface area contributed by atoms with E-state index < -0.39 is 0 Å². The smallest absolute Gasteiger partial charge is 0.315 e. The number of rotatable bonds is 6. The average Bonchev–Trinajstić information content (AvgIpc) is 3.06. The summed E-state index contributed by atoms with van der Waals surface area (Å²) in [7, 11) is 4.04. The Balaban J connectivity index is 1.83. The second-order valence-corrected chi connectivity index (χ2v) is 7.41. The van der Waals surface area contributed by atoms with Gasteiger partial charge < -0.3 is 15.5 Å². The number of thiazole rings is 1. The third-order valence-corrected chi connectivity index (χ3v) is 5.19. The van der Waals surface area contributed by atoms with Crippen LogP contribution < -0.4 is 10.6 Å². The normalized spacial score (nSPS) is 12.4. The first-order valence-corrected chi connectivity index (χ1v) is 8.86. The quantitative estimate of drug-likeness (QED) is 0.851. The zero-order chi connectivity index (χ0) is 16.1. The first-order chi connectivity index (χ1) is 10.5. The van der Waals surface area contributed by atoms with Crippen molar-refractivity contribution in [3.63, 3.8) is 0 Å². The highest BCUT2D eigenvalue weighted by atomic mass is 32.1. The molecule has 2 rings (SSSR count). The fourth-order valence-corrected chi connectivity index (χ4v) is 3.80. The highest BCUT2D eigenvalue weighted by Crippen LogP contribution is 2.20. The van der Waals surface area contributed by atoms with Gasteiger partial charge in [-0.15, -0.1) is 11.3 Å². The molecule has 0 bridgehead atoms. The Morgan fingerprint density at radius 1 is 1.36 bits per heavy atom. The molecule has 0 aliphatic heterocycles. The van der Waals surface area contributed by atoms with Gasteiger partial charge in [0.15, 0.2) is 0 Å². The van der Waals surface area contributed by atoms with Crippen molar-refractivity contribution in [2.45, 2.75) is 26.4 Å². The number of nitrogens with one attached hydrogen (secondary N) is 2. The number of hydrogen-bond acceptors (Lipinski definition) is 5. The van der Waals surface area contributed by atoms with E-state index in [1.807, 2.05) is 27.9 Å². The fraction of sp³-hybridized carbons (Fsp3) is 0.467. The van der Waals surface area contributed by atoms with Gasteiger partial charge in [-0.25, -0.2) is 9.78 Å². The van der Waals surface area contributed by atoms with Crippen molar-refractivity contribution in [1.29, 1.82) is 0 Å². The van der Waals surface area contributed by atoms with Gasteiger partial charge >= 0.3 is 6.03 Å². The molecule has 5 nitrogen and oxygen atoms in total. The summed E-state index contributed by atoms with van der Waals surface area (Å²) in [4.78, 5) is 19.6. The van der Waals surface area contributed by atoms with E-state index in [4.69, 9.17) is 0 Å². The van der Waals surface area contributed by atoms with Gasteiger partial charge in [-0.2, -0.15) is 11.3 Å². The molecule has 0 aliphatic carbocycles. The first-order valence-electron chi connectivity index (χ1n) is 7.10. The topological polar surface area (TPSA) is 57.3 Å². The van der Waals surface area contributed by atoms with Crippen LogP contribution in [0, 0.1) is 13.8 Å². The van der Waals surface area contributed by atoms with E-state index >= 15 is 0 Å². The lowest BCUT2D eigenvalue weighted by molar-refractivity contribution is 0.232. The minimum atomic E-state index is -0.146. The Morgan fingerprint density at radius 2 is 2.14 bits per heavy atom. The zero-order valence-electron chi connectivity index (χ0n) is 13.3. The number of carbonyl (C=O) groups excluding carboxylic acids is 1. The van der Waals surface area contributed by atoms with Gasteiger partial charge in [-0.3, -0.25) is 0 Å². The molecule has 0 spiro atoms. The Morgan fingerprint density at radius 3 is 2.68 bits per heavy atom. The van der Waals surface area contributed by atoms with Crippen LogP contribution >= 0.6 is 22.7 Å². The van der Waals surface area contributed by atoms with Gasteiger partial charge in [-0.1, -0.05) is 0 Å². The van der Waals surface area contributed by atoms with Crippen LogP contribution in [0.4, 0.5) is 4.79 Å². The number of thiophene rings is 1. The zero-order valence-corrected chi connectivity index (χ0v) is 15.0. The lowest BCUT2D eigenvalue weighted by Crippen LogP contribution is -2.40. The van der Waals surface area contributed by atoms with E-state index in [1.165, 1.54) is 5.56 Å². The SMILES string of the molecule is Cc1nc(C)c(CNC(=O)NC[C@@H](c2ccsc2)N(C)C)s1. The van der Waals surface area contributed by atoms with Crippen molar-refractivity contribution >= 4 is 28.7 Å². The van der Waals surface area contributed by atoms with E-state index in [0.717, 1.165) is 15.6 Å². The molecule has 0 unspecified atom stereocenters. The molecule has 0 radical (unpaired) electrons. The third kappa shape index (κ3) is 4.53. The van der Waals surface area contributed by atoms with Gasteiger partial charge in [-0.05, 0) is 50.3 Å². The van der Waals surface area contributed by atoms with E-state index in [9.17, 15) is 4.79 Å². The van der Waals surface area contributed by atoms with Crippen LogP contribution in [0.1, 0.15) is 27.2 Å². The molecule has 0 fully saturated rings. The highest BCUT2D eigenvalue weighted by Gasteiger charge is 2.15. The second kappa shape index (κ2) is 7.71. The lowest BCUT2D eigenvalue weighted by atomic mass is 10.1. The number of likely N-dealkylation sites (N-methyl/N-ethyl adjacent to an activating group) is 1. The van der Waals surface area contributed by atoms with E-state index in [-0.39, 0.29) is 12.1 Å². The van der Waals surface area contributed by atoms with E-state index in [1.54, 1.807) is 22.7 Å². The van der Waals surface area contributed by atoms with E-state index in [2.05, 4.69) is 37.3 Å². The molecule has 0 aliphatic rings. The van der Waals surface area contributed by atoms with Crippen molar-refractivity contribution in [3.05, 3.63) is 38.0 Å². The monoisotopic (exact) mass is 338 g/mol. The number of aromatic nitrogens is 1. The Kier molecular flexibility index (Phi) is 5.93. The molecule has 2 heterocycles. The molecule has 2 amide bonds. The molecule has 2 N–H and O–H groups in total. The van der Waals surface area contributed by atoms with Crippen molar-refractivity contribution in [3.8, 4) is 0 Å². The van der Waals surface area contributed by atoms with Crippen LogP contribution in [0.25, 0.3) is 0 Å². The second-order valence-electron chi connectivity index (χ2n) is 5.34. The minimum Gasteiger partial charge on any atom is -0.336 e.